The first kappa shape index (κ1) is 24.4. The third-order valence-electron chi connectivity index (χ3n) is 6.30. The number of ether oxygens (including phenoxy) is 1. The molecule has 1 saturated heterocycles. The van der Waals surface area contributed by atoms with E-state index in [0.717, 1.165) is 43.0 Å². The molecular weight excluding hydrogens is 446 g/mol. The minimum atomic E-state index is -0.445. The van der Waals surface area contributed by atoms with E-state index in [0.29, 0.717) is 18.7 Å². The zero-order chi connectivity index (χ0) is 24.9. The fourth-order valence-electron chi connectivity index (χ4n) is 4.26. The van der Waals surface area contributed by atoms with Crippen LogP contribution in [-0.4, -0.2) is 56.6 Å². The Bertz CT molecular complexity index is 1210. The molecule has 1 aliphatic heterocycles. The van der Waals surface area contributed by atoms with Crippen molar-refractivity contribution in [2.45, 2.75) is 40.5 Å². The third-order valence-corrected chi connectivity index (χ3v) is 6.30. The Morgan fingerprint density at radius 3 is 2.57 bits per heavy atom. The molecule has 0 radical (unpaired) electrons. The van der Waals surface area contributed by atoms with E-state index in [1.165, 1.54) is 11.6 Å². The lowest BCUT2D eigenvalue weighted by molar-refractivity contribution is -0.386. The Morgan fingerprint density at radius 1 is 1.11 bits per heavy atom. The van der Waals surface area contributed by atoms with Gasteiger partial charge in [0.1, 0.15) is 6.61 Å². The van der Waals surface area contributed by atoms with Gasteiger partial charge in [-0.05, 0) is 50.1 Å². The minimum Gasteiger partial charge on any atom is -0.482 e. The van der Waals surface area contributed by atoms with Gasteiger partial charge in [0, 0.05) is 62.7 Å². The summed E-state index contributed by atoms with van der Waals surface area (Å²) in [7, 11) is 0. The summed E-state index contributed by atoms with van der Waals surface area (Å²) in [6, 6.07) is 12.2. The average Bonchev–Trinajstić information content (AvgIpc) is 3.22. The number of nitro benzene ring substituents is 1. The van der Waals surface area contributed by atoms with Crippen molar-refractivity contribution < 1.29 is 14.5 Å². The van der Waals surface area contributed by atoms with Crippen molar-refractivity contribution in [1.29, 1.82) is 0 Å². The molecule has 4 rings (SSSR count). The van der Waals surface area contributed by atoms with Crippen molar-refractivity contribution in [3.63, 3.8) is 0 Å². The summed E-state index contributed by atoms with van der Waals surface area (Å²) in [6.45, 7) is 10.7. The van der Waals surface area contributed by atoms with Gasteiger partial charge >= 0.3 is 5.69 Å². The van der Waals surface area contributed by atoms with Crippen LogP contribution >= 0.6 is 0 Å². The molecule has 1 amide bonds. The molecule has 35 heavy (non-hydrogen) atoms. The summed E-state index contributed by atoms with van der Waals surface area (Å²) in [5.74, 6) is 0.205. The van der Waals surface area contributed by atoms with E-state index >= 15 is 0 Å². The number of piperazine rings is 1. The standard InChI is InChI=1S/C26H31N5O4/c1-4-30-17-23(20(3)27-30)16-28-10-12-29(13-11-28)26(32)22-7-5-6-21(15-22)18-35-25-9-8-19(2)14-24(25)31(33)34/h5-9,14-15,17H,4,10-13,16,18H2,1-3H3. The first-order valence-electron chi connectivity index (χ1n) is 11.9. The SMILES string of the molecule is CCn1cc(CN2CCN(C(=O)c3cccc(COc4ccc(C)cc4[N+](=O)[O-])c3)CC2)c(C)n1. The Labute approximate surface area is 205 Å². The number of hydrogen-bond acceptors (Lipinski definition) is 6. The van der Waals surface area contributed by atoms with Gasteiger partial charge in [0.2, 0.25) is 0 Å². The van der Waals surface area contributed by atoms with E-state index < -0.39 is 4.92 Å². The molecule has 0 spiro atoms. The Kier molecular flexibility index (Phi) is 7.45. The molecule has 184 valence electrons. The fourth-order valence-corrected chi connectivity index (χ4v) is 4.26. The lowest BCUT2D eigenvalue weighted by Crippen LogP contribution is -2.48. The van der Waals surface area contributed by atoms with E-state index in [-0.39, 0.29) is 24.0 Å². The van der Waals surface area contributed by atoms with Crippen LogP contribution in [-0.2, 0) is 19.7 Å². The van der Waals surface area contributed by atoms with E-state index in [4.69, 9.17) is 4.74 Å². The number of rotatable bonds is 8. The third kappa shape index (κ3) is 5.86. The number of aromatic nitrogens is 2. The maximum absolute atomic E-state index is 13.1. The number of aryl methyl sites for hydroxylation is 3. The van der Waals surface area contributed by atoms with Crippen LogP contribution in [0.4, 0.5) is 5.69 Å². The second kappa shape index (κ2) is 10.7. The molecule has 2 heterocycles. The molecular formula is C26H31N5O4. The molecule has 9 heteroatoms. The average molecular weight is 478 g/mol. The first-order valence-corrected chi connectivity index (χ1v) is 11.9. The van der Waals surface area contributed by atoms with Crippen molar-refractivity contribution in [3.8, 4) is 5.75 Å². The van der Waals surface area contributed by atoms with Gasteiger partial charge in [-0.2, -0.15) is 5.10 Å². The van der Waals surface area contributed by atoms with Crippen LogP contribution < -0.4 is 4.74 Å². The summed E-state index contributed by atoms with van der Waals surface area (Å²) >= 11 is 0. The van der Waals surface area contributed by atoms with Gasteiger partial charge in [0.05, 0.1) is 10.6 Å². The van der Waals surface area contributed by atoms with Crippen LogP contribution in [0, 0.1) is 24.0 Å². The van der Waals surface area contributed by atoms with Crippen molar-refractivity contribution >= 4 is 11.6 Å². The topological polar surface area (TPSA) is 93.7 Å². The van der Waals surface area contributed by atoms with Gasteiger partial charge in [-0.15, -0.1) is 0 Å². The van der Waals surface area contributed by atoms with Crippen LogP contribution in [0.2, 0.25) is 0 Å². The lowest BCUT2D eigenvalue weighted by Gasteiger charge is -2.34. The van der Waals surface area contributed by atoms with Gasteiger partial charge in [-0.1, -0.05) is 18.2 Å². The highest BCUT2D eigenvalue weighted by Crippen LogP contribution is 2.28. The Balaban J connectivity index is 1.34. The highest BCUT2D eigenvalue weighted by Gasteiger charge is 2.23. The van der Waals surface area contributed by atoms with Crippen molar-refractivity contribution in [2.24, 2.45) is 0 Å². The van der Waals surface area contributed by atoms with Crippen LogP contribution in [0.15, 0.2) is 48.7 Å². The van der Waals surface area contributed by atoms with E-state index in [1.54, 1.807) is 31.2 Å². The van der Waals surface area contributed by atoms with Crippen LogP contribution in [0.1, 0.15) is 39.7 Å². The van der Waals surface area contributed by atoms with Gasteiger partial charge in [-0.3, -0.25) is 24.5 Å². The van der Waals surface area contributed by atoms with Gasteiger partial charge < -0.3 is 9.64 Å². The lowest BCUT2D eigenvalue weighted by atomic mass is 10.1. The van der Waals surface area contributed by atoms with Crippen molar-refractivity contribution in [3.05, 3.63) is 86.7 Å². The Hall–Kier alpha value is -3.72. The van der Waals surface area contributed by atoms with Crippen LogP contribution in [0.25, 0.3) is 0 Å². The number of nitro groups is 1. The summed E-state index contributed by atoms with van der Waals surface area (Å²) in [5, 5.41) is 15.8. The van der Waals surface area contributed by atoms with Crippen LogP contribution in [0.3, 0.4) is 0 Å². The summed E-state index contributed by atoms with van der Waals surface area (Å²) in [4.78, 5) is 28.2. The van der Waals surface area contributed by atoms with Gasteiger partial charge in [0.25, 0.3) is 5.91 Å². The highest BCUT2D eigenvalue weighted by molar-refractivity contribution is 5.94. The highest BCUT2D eigenvalue weighted by atomic mass is 16.6. The van der Waals surface area contributed by atoms with Crippen molar-refractivity contribution in [1.82, 2.24) is 19.6 Å². The van der Waals surface area contributed by atoms with Gasteiger partial charge in [-0.25, -0.2) is 0 Å². The number of hydrogen-bond donors (Lipinski definition) is 0. The number of nitrogens with zero attached hydrogens (tertiary/aromatic N) is 5. The van der Waals surface area contributed by atoms with Gasteiger partial charge in [0.15, 0.2) is 5.75 Å². The molecule has 0 unspecified atom stereocenters. The molecule has 1 fully saturated rings. The maximum atomic E-state index is 13.1. The minimum absolute atomic E-state index is 0.0113. The van der Waals surface area contributed by atoms with E-state index in [9.17, 15) is 14.9 Å². The predicted molar refractivity (Wildman–Crippen MR) is 132 cm³/mol. The predicted octanol–water partition coefficient (Wildman–Crippen LogP) is 3.97. The first-order chi connectivity index (χ1) is 16.8. The second-order valence-electron chi connectivity index (χ2n) is 8.88. The molecule has 0 bridgehead atoms. The second-order valence-corrected chi connectivity index (χ2v) is 8.88. The number of carbonyl (C=O) groups is 1. The quantitative estimate of drug-likeness (QED) is 0.360. The summed E-state index contributed by atoms with van der Waals surface area (Å²) < 4.78 is 7.69. The number of carbonyl (C=O) groups excluding carboxylic acids is 1. The summed E-state index contributed by atoms with van der Waals surface area (Å²) in [6.07, 6.45) is 2.10. The maximum Gasteiger partial charge on any atom is 0.311 e. The molecule has 0 saturated carbocycles. The number of benzene rings is 2. The molecule has 9 nitrogen and oxygen atoms in total. The molecule has 0 aliphatic carbocycles. The molecule has 0 atom stereocenters. The van der Waals surface area contributed by atoms with Crippen LogP contribution in [0.5, 0.6) is 5.75 Å². The zero-order valence-electron chi connectivity index (χ0n) is 20.4. The fraction of sp³-hybridized carbons (Fsp3) is 0.385. The molecule has 1 aliphatic rings. The van der Waals surface area contributed by atoms with E-state index in [2.05, 4.69) is 23.1 Å². The molecule has 2 aromatic carbocycles. The van der Waals surface area contributed by atoms with E-state index in [1.807, 2.05) is 28.6 Å². The number of amides is 1. The molecule has 0 N–H and O–H groups in total. The summed E-state index contributed by atoms with van der Waals surface area (Å²) in [5.41, 5.74) is 4.40. The largest absolute Gasteiger partial charge is 0.482 e. The Morgan fingerprint density at radius 2 is 1.89 bits per heavy atom. The smallest absolute Gasteiger partial charge is 0.311 e. The molecule has 1 aromatic heterocycles. The monoisotopic (exact) mass is 477 g/mol. The molecule has 3 aromatic rings. The zero-order valence-corrected chi connectivity index (χ0v) is 20.4. The normalized spacial score (nSPS) is 14.2. The van der Waals surface area contributed by atoms with Crippen molar-refractivity contribution in [2.75, 3.05) is 26.2 Å².